The first-order valence-corrected chi connectivity index (χ1v) is 9.51. The lowest BCUT2D eigenvalue weighted by molar-refractivity contribution is -0.113. The summed E-state index contributed by atoms with van der Waals surface area (Å²) in [5.41, 5.74) is 4.98. The number of nitrogens with zero attached hydrogens (tertiary/aromatic N) is 1. The molecule has 0 bridgehead atoms. The van der Waals surface area contributed by atoms with E-state index in [0.717, 1.165) is 32.4 Å². The van der Waals surface area contributed by atoms with Crippen molar-refractivity contribution in [2.45, 2.75) is 20.8 Å². The summed E-state index contributed by atoms with van der Waals surface area (Å²) in [6.07, 6.45) is 0. The fraction of sp³-hybridized carbons (Fsp3) is 0.158. The quantitative estimate of drug-likeness (QED) is 0.450. The molecule has 0 N–H and O–H groups in total. The number of para-hydroxylation sites is 1. The summed E-state index contributed by atoms with van der Waals surface area (Å²) in [5.74, 6) is -0.0391. The van der Waals surface area contributed by atoms with Gasteiger partial charge in [0.1, 0.15) is 0 Å². The van der Waals surface area contributed by atoms with Crippen LogP contribution in [0.1, 0.15) is 23.6 Å². The summed E-state index contributed by atoms with van der Waals surface area (Å²) in [6.45, 7) is 5.98. The van der Waals surface area contributed by atoms with Gasteiger partial charge in [0.25, 0.3) is 5.91 Å². The Kier molecular flexibility index (Phi) is 4.95. The van der Waals surface area contributed by atoms with Gasteiger partial charge in [-0.3, -0.25) is 9.69 Å². The Morgan fingerprint density at radius 1 is 1.08 bits per heavy atom. The molecular formula is C19H16BrNOS2. The van der Waals surface area contributed by atoms with Gasteiger partial charge in [0.05, 0.1) is 10.6 Å². The summed E-state index contributed by atoms with van der Waals surface area (Å²) < 4.78 is 1.60. The van der Waals surface area contributed by atoms with Crippen molar-refractivity contribution < 1.29 is 4.79 Å². The summed E-state index contributed by atoms with van der Waals surface area (Å²) in [6, 6.07) is 14.0. The van der Waals surface area contributed by atoms with Crippen molar-refractivity contribution in [2.24, 2.45) is 0 Å². The molecule has 1 amide bonds. The average molecular weight is 418 g/mol. The molecule has 0 atom stereocenters. The van der Waals surface area contributed by atoms with Crippen LogP contribution in [0.2, 0.25) is 0 Å². The molecule has 1 saturated heterocycles. The fourth-order valence-electron chi connectivity index (χ4n) is 2.78. The lowest BCUT2D eigenvalue weighted by Gasteiger charge is -2.19. The largest absolute Gasteiger partial charge is 0.271 e. The number of thioether (sulfide) groups is 1. The molecule has 0 aromatic heterocycles. The molecule has 0 saturated carbocycles. The minimum absolute atomic E-state index is 0.0391. The number of thiocarbonyl (C=S) groups is 1. The first kappa shape index (κ1) is 17.4. The molecule has 5 heteroatoms. The van der Waals surface area contributed by atoms with Crippen LogP contribution in [-0.4, -0.2) is 10.2 Å². The van der Waals surface area contributed by atoms with Gasteiger partial charge in [-0.05, 0) is 55.2 Å². The van der Waals surface area contributed by atoms with Gasteiger partial charge in [-0.25, -0.2) is 0 Å². The van der Waals surface area contributed by atoms with Crippen LogP contribution in [0.5, 0.6) is 0 Å². The maximum atomic E-state index is 13.1. The van der Waals surface area contributed by atoms with Gasteiger partial charge in [-0.15, -0.1) is 0 Å². The van der Waals surface area contributed by atoms with E-state index < -0.39 is 0 Å². The van der Waals surface area contributed by atoms with Crippen molar-refractivity contribution in [3.63, 3.8) is 0 Å². The highest BCUT2D eigenvalue weighted by Crippen LogP contribution is 2.41. The molecule has 2 aromatic carbocycles. The minimum Gasteiger partial charge on any atom is -0.268 e. The third-order valence-corrected chi connectivity index (χ3v) is 6.05. The number of carbonyl (C=O) groups excluding carboxylic acids is 1. The van der Waals surface area contributed by atoms with Crippen molar-refractivity contribution >= 4 is 61.4 Å². The maximum Gasteiger partial charge on any atom is 0.271 e. The SMILES string of the molecule is C/C(=C1/SC(=S)N(c2c(C)cccc2C)C1=O)c1ccc(Br)cc1. The molecule has 1 aliphatic heterocycles. The van der Waals surface area contributed by atoms with Gasteiger partial charge in [-0.1, -0.05) is 70.2 Å². The monoisotopic (exact) mass is 417 g/mol. The molecular weight excluding hydrogens is 402 g/mol. The Morgan fingerprint density at radius 3 is 2.25 bits per heavy atom. The van der Waals surface area contributed by atoms with Crippen LogP contribution >= 0.6 is 39.9 Å². The molecule has 2 aromatic rings. The Labute approximate surface area is 160 Å². The van der Waals surface area contributed by atoms with Crippen LogP contribution in [0.25, 0.3) is 5.57 Å². The lowest BCUT2D eigenvalue weighted by Crippen LogP contribution is -2.29. The van der Waals surface area contributed by atoms with Gasteiger partial charge in [0.15, 0.2) is 4.32 Å². The zero-order valence-corrected chi connectivity index (χ0v) is 16.8. The minimum atomic E-state index is -0.0391. The van der Waals surface area contributed by atoms with Crippen LogP contribution in [0.3, 0.4) is 0 Å². The molecule has 0 spiro atoms. The van der Waals surface area contributed by atoms with Crippen LogP contribution in [0.4, 0.5) is 5.69 Å². The van der Waals surface area contributed by atoms with Crippen molar-refractivity contribution in [3.8, 4) is 0 Å². The van der Waals surface area contributed by atoms with E-state index in [0.29, 0.717) is 9.23 Å². The maximum absolute atomic E-state index is 13.1. The molecule has 3 rings (SSSR count). The second kappa shape index (κ2) is 6.82. The zero-order valence-electron chi connectivity index (χ0n) is 13.6. The van der Waals surface area contributed by atoms with E-state index in [1.54, 1.807) is 4.90 Å². The Bertz CT molecular complexity index is 851. The lowest BCUT2D eigenvalue weighted by atomic mass is 10.1. The van der Waals surface area contributed by atoms with E-state index in [1.165, 1.54) is 11.8 Å². The number of benzene rings is 2. The summed E-state index contributed by atoms with van der Waals surface area (Å²) >= 11 is 10.3. The second-order valence-corrected chi connectivity index (χ2v) is 8.27. The molecule has 2 nitrogen and oxygen atoms in total. The number of hydrogen-bond donors (Lipinski definition) is 0. The van der Waals surface area contributed by atoms with E-state index in [9.17, 15) is 4.79 Å². The van der Waals surface area contributed by atoms with Crippen molar-refractivity contribution in [2.75, 3.05) is 4.90 Å². The Morgan fingerprint density at radius 2 is 1.67 bits per heavy atom. The van der Waals surface area contributed by atoms with Crippen molar-refractivity contribution in [1.29, 1.82) is 0 Å². The molecule has 122 valence electrons. The number of hydrogen-bond acceptors (Lipinski definition) is 3. The normalized spacial score (nSPS) is 16.8. The molecule has 1 aliphatic rings. The summed E-state index contributed by atoms with van der Waals surface area (Å²) in [7, 11) is 0. The molecule has 24 heavy (non-hydrogen) atoms. The zero-order chi connectivity index (χ0) is 17.4. The Balaban J connectivity index is 2.06. The van der Waals surface area contributed by atoms with Crippen molar-refractivity contribution in [3.05, 3.63) is 68.5 Å². The smallest absolute Gasteiger partial charge is 0.268 e. The molecule has 1 heterocycles. The van der Waals surface area contributed by atoms with Gasteiger partial charge < -0.3 is 0 Å². The van der Waals surface area contributed by atoms with E-state index in [4.69, 9.17) is 12.2 Å². The summed E-state index contributed by atoms with van der Waals surface area (Å²) in [4.78, 5) is 15.4. The van der Waals surface area contributed by atoms with Crippen LogP contribution in [-0.2, 0) is 4.79 Å². The van der Waals surface area contributed by atoms with Crippen molar-refractivity contribution in [1.82, 2.24) is 0 Å². The second-order valence-electron chi connectivity index (χ2n) is 5.71. The van der Waals surface area contributed by atoms with Gasteiger partial charge in [0.2, 0.25) is 0 Å². The molecule has 0 aliphatic carbocycles. The number of halogens is 1. The number of amides is 1. The van der Waals surface area contributed by atoms with Crippen LogP contribution in [0.15, 0.2) is 51.8 Å². The molecule has 0 radical (unpaired) electrons. The predicted molar refractivity (Wildman–Crippen MR) is 110 cm³/mol. The highest BCUT2D eigenvalue weighted by Gasteiger charge is 2.36. The highest BCUT2D eigenvalue weighted by molar-refractivity contribution is 9.10. The van der Waals surface area contributed by atoms with E-state index in [1.807, 2.05) is 63.2 Å². The van der Waals surface area contributed by atoms with Crippen LogP contribution < -0.4 is 4.90 Å². The number of rotatable bonds is 2. The first-order chi connectivity index (χ1) is 11.4. The van der Waals surface area contributed by atoms with E-state index >= 15 is 0 Å². The summed E-state index contributed by atoms with van der Waals surface area (Å²) in [5, 5.41) is 0. The average Bonchev–Trinajstić information content (AvgIpc) is 2.83. The standard InChI is InChI=1S/C19H16BrNOS2/c1-11-5-4-6-12(2)16(11)21-18(22)17(24-19(21)23)13(3)14-7-9-15(20)10-8-14/h4-10H,1-3H3/b17-13-. The third-order valence-electron chi connectivity index (χ3n) is 4.05. The Hall–Kier alpha value is -1.43. The predicted octanol–water partition coefficient (Wildman–Crippen LogP) is 5.86. The van der Waals surface area contributed by atoms with Crippen LogP contribution in [0, 0.1) is 13.8 Å². The van der Waals surface area contributed by atoms with Gasteiger partial charge >= 0.3 is 0 Å². The van der Waals surface area contributed by atoms with Gasteiger partial charge in [-0.2, -0.15) is 0 Å². The number of allylic oxidation sites excluding steroid dienone is 1. The van der Waals surface area contributed by atoms with Gasteiger partial charge in [0, 0.05) is 4.47 Å². The van der Waals surface area contributed by atoms with E-state index in [-0.39, 0.29) is 5.91 Å². The third kappa shape index (κ3) is 3.08. The highest BCUT2D eigenvalue weighted by atomic mass is 79.9. The molecule has 1 fully saturated rings. The number of carbonyl (C=O) groups is 1. The fourth-order valence-corrected chi connectivity index (χ4v) is 4.36. The number of anilines is 1. The topological polar surface area (TPSA) is 20.3 Å². The van der Waals surface area contributed by atoms with E-state index in [2.05, 4.69) is 15.9 Å². The first-order valence-electron chi connectivity index (χ1n) is 7.49. The molecule has 0 unspecified atom stereocenters. The number of aryl methyl sites for hydroxylation is 2.